The minimum Gasteiger partial charge on any atom is -0.387 e. The minimum absolute atomic E-state index is 0.275. The van der Waals surface area contributed by atoms with Crippen LogP contribution in [0.1, 0.15) is 37.9 Å². The van der Waals surface area contributed by atoms with Crippen molar-refractivity contribution in [3.05, 3.63) is 48.5 Å². The summed E-state index contributed by atoms with van der Waals surface area (Å²) in [6, 6.07) is 9.09. The summed E-state index contributed by atoms with van der Waals surface area (Å²) in [5.41, 5.74) is -1.31. The fourth-order valence-corrected chi connectivity index (χ4v) is 3.46. The molecule has 0 aliphatic heterocycles. The van der Waals surface area contributed by atoms with E-state index in [0.29, 0.717) is 18.4 Å². The summed E-state index contributed by atoms with van der Waals surface area (Å²) in [6.07, 6.45) is 3.85. The van der Waals surface area contributed by atoms with Gasteiger partial charge in [-0.1, -0.05) is 37.3 Å². The minimum atomic E-state index is -1.20. The summed E-state index contributed by atoms with van der Waals surface area (Å²) in [5, 5.41) is 15.1. The molecule has 0 saturated heterocycles. The number of nitrogens with zero attached hydrogens (tertiary/aromatic N) is 3. The molecule has 3 unspecified atom stereocenters. The first-order valence-corrected chi connectivity index (χ1v) is 7.29. The van der Waals surface area contributed by atoms with E-state index in [1.54, 1.807) is 23.1 Å². The maximum Gasteiger partial charge on any atom is 0.137 e. The first-order chi connectivity index (χ1) is 10.1. The van der Waals surface area contributed by atoms with Crippen LogP contribution in [0.2, 0.25) is 0 Å². The van der Waals surface area contributed by atoms with Crippen molar-refractivity contribution in [1.29, 1.82) is 0 Å². The zero-order valence-corrected chi connectivity index (χ0v) is 12.1. The molecule has 2 aromatic rings. The van der Waals surface area contributed by atoms with Crippen LogP contribution in [-0.2, 0) is 6.54 Å². The fraction of sp³-hybridized carbons (Fsp3) is 0.500. The lowest BCUT2D eigenvalue weighted by atomic mass is 9.70. The molecule has 1 fully saturated rings. The van der Waals surface area contributed by atoms with Gasteiger partial charge in [-0.05, 0) is 24.8 Å². The number of benzene rings is 1. The van der Waals surface area contributed by atoms with E-state index in [1.165, 1.54) is 6.33 Å². The largest absolute Gasteiger partial charge is 0.387 e. The molecule has 0 spiro atoms. The summed E-state index contributed by atoms with van der Waals surface area (Å²) in [7, 11) is 0. The van der Waals surface area contributed by atoms with Crippen LogP contribution in [-0.4, -0.2) is 25.5 Å². The Morgan fingerprint density at radius 1 is 1.33 bits per heavy atom. The van der Waals surface area contributed by atoms with Crippen molar-refractivity contribution in [2.24, 2.45) is 5.41 Å². The molecule has 112 valence electrons. The van der Waals surface area contributed by atoms with E-state index in [4.69, 9.17) is 0 Å². The second kappa shape index (κ2) is 5.22. The lowest BCUT2D eigenvalue weighted by Gasteiger charge is -2.42. The summed E-state index contributed by atoms with van der Waals surface area (Å²) < 4.78 is 16.7. The second-order valence-electron chi connectivity index (χ2n) is 6.17. The average Bonchev–Trinajstić information content (AvgIpc) is 3.09. The predicted molar refractivity (Wildman–Crippen MR) is 77.2 cm³/mol. The van der Waals surface area contributed by atoms with Gasteiger partial charge in [-0.15, -0.1) is 0 Å². The van der Waals surface area contributed by atoms with Crippen LogP contribution in [0.15, 0.2) is 43.0 Å². The van der Waals surface area contributed by atoms with Crippen molar-refractivity contribution in [2.75, 3.05) is 0 Å². The molecule has 1 heterocycles. The van der Waals surface area contributed by atoms with Crippen molar-refractivity contribution < 1.29 is 9.50 Å². The summed E-state index contributed by atoms with van der Waals surface area (Å²) in [6.45, 7) is 2.12. The zero-order valence-electron chi connectivity index (χ0n) is 12.1. The third-order valence-electron chi connectivity index (χ3n) is 4.89. The number of hydrogen-bond acceptors (Lipinski definition) is 3. The standard InChI is InChI=1S/C16H20FN3O/c1-15(14(17)13-6-3-2-4-7-13)8-5-9-16(15,21)10-20-12-18-11-19-20/h2-4,6-7,11-12,14,21H,5,8-10H2,1H3. The molecule has 1 N–H and O–H groups in total. The lowest BCUT2D eigenvalue weighted by Crippen LogP contribution is -2.48. The normalized spacial score (nSPS) is 30.4. The van der Waals surface area contributed by atoms with Gasteiger partial charge < -0.3 is 5.11 Å². The van der Waals surface area contributed by atoms with Crippen molar-refractivity contribution in [1.82, 2.24) is 14.8 Å². The van der Waals surface area contributed by atoms with E-state index in [-0.39, 0.29) is 6.54 Å². The van der Waals surface area contributed by atoms with E-state index in [2.05, 4.69) is 10.1 Å². The van der Waals surface area contributed by atoms with Crippen LogP contribution in [0.25, 0.3) is 0 Å². The van der Waals surface area contributed by atoms with Gasteiger partial charge >= 0.3 is 0 Å². The third-order valence-corrected chi connectivity index (χ3v) is 4.89. The van der Waals surface area contributed by atoms with Crippen molar-refractivity contribution >= 4 is 0 Å². The Kier molecular flexibility index (Phi) is 3.53. The predicted octanol–water partition coefficient (Wildman–Crippen LogP) is 2.91. The van der Waals surface area contributed by atoms with Gasteiger partial charge in [0.05, 0.1) is 12.1 Å². The molecule has 3 rings (SSSR count). The molecule has 1 saturated carbocycles. The van der Waals surface area contributed by atoms with Gasteiger partial charge in [0.2, 0.25) is 0 Å². The lowest BCUT2D eigenvalue weighted by molar-refractivity contribution is -0.105. The number of halogens is 1. The van der Waals surface area contributed by atoms with E-state index in [1.807, 2.05) is 25.1 Å². The zero-order chi connectivity index (χ0) is 14.9. The highest BCUT2D eigenvalue weighted by Gasteiger charge is 2.56. The van der Waals surface area contributed by atoms with E-state index >= 15 is 4.39 Å². The van der Waals surface area contributed by atoms with Gasteiger partial charge in [-0.3, -0.25) is 4.68 Å². The Hall–Kier alpha value is -1.75. The van der Waals surface area contributed by atoms with Crippen molar-refractivity contribution in [3.8, 4) is 0 Å². The first-order valence-electron chi connectivity index (χ1n) is 7.29. The molecule has 0 radical (unpaired) electrons. The van der Waals surface area contributed by atoms with E-state index in [9.17, 15) is 5.11 Å². The second-order valence-corrected chi connectivity index (χ2v) is 6.17. The first kappa shape index (κ1) is 14.2. The van der Waals surface area contributed by atoms with Crippen molar-refractivity contribution in [3.63, 3.8) is 0 Å². The van der Waals surface area contributed by atoms with Crippen LogP contribution in [0.3, 0.4) is 0 Å². The van der Waals surface area contributed by atoms with Gasteiger partial charge in [0.15, 0.2) is 0 Å². The van der Waals surface area contributed by atoms with Gasteiger partial charge in [0.1, 0.15) is 18.8 Å². The molecule has 0 bridgehead atoms. The summed E-state index contributed by atoms with van der Waals surface area (Å²) in [5.74, 6) is 0. The van der Waals surface area contributed by atoms with Crippen LogP contribution in [0, 0.1) is 5.41 Å². The molecule has 4 nitrogen and oxygen atoms in total. The third kappa shape index (κ3) is 2.35. The Balaban J connectivity index is 1.91. The molecular formula is C16H20FN3O. The van der Waals surface area contributed by atoms with Crippen LogP contribution < -0.4 is 0 Å². The number of rotatable bonds is 4. The van der Waals surface area contributed by atoms with Gasteiger partial charge in [-0.25, -0.2) is 9.37 Å². The monoisotopic (exact) mass is 289 g/mol. The van der Waals surface area contributed by atoms with Crippen LogP contribution in [0.5, 0.6) is 0 Å². The van der Waals surface area contributed by atoms with Crippen LogP contribution >= 0.6 is 0 Å². The average molecular weight is 289 g/mol. The molecule has 1 aliphatic rings. The maximum atomic E-state index is 15.1. The smallest absolute Gasteiger partial charge is 0.137 e. The Morgan fingerprint density at radius 3 is 2.76 bits per heavy atom. The maximum absolute atomic E-state index is 15.1. The number of hydrogen-bond donors (Lipinski definition) is 1. The van der Waals surface area contributed by atoms with E-state index in [0.717, 1.165) is 6.42 Å². The fourth-order valence-electron chi connectivity index (χ4n) is 3.46. The molecule has 21 heavy (non-hydrogen) atoms. The molecule has 1 aliphatic carbocycles. The molecule has 1 aromatic heterocycles. The molecule has 3 atom stereocenters. The van der Waals surface area contributed by atoms with Crippen molar-refractivity contribution in [2.45, 2.75) is 44.5 Å². The SMILES string of the molecule is CC1(C(F)c2ccccc2)CCCC1(O)Cn1cncn1. The van der Waals surface area contributed by atoms with Crippen LogP contribution in [0.4, 0.5) is 4.39 Å². The van der Waals surface area contributed by atoms with E-state index < -0.39 is 17.2 Å². The Labute approximate surface area is 123 Å². The highest BCUT2D eigenvalue weighted by molar-refractivity contribution is 5.22. The quantitative estimate of drug-likeness (QED) is 0.941. The highest BCUT2D eigenvalue weighted by Crippen LogP contribution is 2.55. The van der Waals surface area contributed by atoms with Gasteiger partial charge in [0, 0.05) is 5.41 Å². The Bertz CT molecular complexity index is 589. The number of aromatic nitrogens is 3. The highest BCUT2D eigenvalue weighted by atomic mass is 19.1. The molecule has 1 aromatic carbocycles. The molecule has 5 heteroatoms. The summed E-state index contributed by atoms with van der Waals surface area (Å²) in [4.78, 5) is 3.89. The topological polar surface area (TPSA) is 50.9 Å². The summed E-state index contributed by atoms with van der Waals surface area (Å²) >= 11 is 0. The van der Waals surface area contributed by atoms with Gasteiger partial charge in [0.25, 0.3) is 0 Å². The number of alkyl halides is 1. The molecular weight excluding hydrogens is 269 g/mol. The van der Waals surface area contributed by atoms with Gasteiger partial charge in [-0.2, -0.15) is 5.10 Å². The molecule has 0 amide bonds. The number of aliphatic hydroxyl groups is 1. The Morgan fingerprint density at radius 2 is 2.10 bits per heavy atom.